The van der Waals surface area contributed by atoms with Crippen molar-refractivity contribution in [1.29, 1.82) is 0 Å². The predicted octanol–water partition coefficient (Wildman–Crippen LogP) is 1.58. The summed E-state index contributed by atoms with van der Waals surface area (Å²) in [6.45, 7) is 2.04. The summed E-state index contributed by atoms with van der Waals surface area (Å²) in [5.41, 5.74) is 0.979. The van der Waals surface area contributed by atoms with Crippen LogP contribution in [0, 0.1) is 5.92 Å². The van der Waals surface area contributed by atoms with Gasteiger partial charge in [-0.2, -0.15) is 4.98 Å². The highest BCUT2D eigenvalue weighted by Crippen LogP contribution is 2.50. The number of hydrogen-bond donors (Lipinski definition) is 1. The molecule has 2 atom stereocenters. The van der Waals surface area contributed by atoms with Gasteiger partial charge < -0.3 is 14.3 Å². The molecule has 0 bridgehead atoms. The second-order valence-corrected chi connectivity index (χ2v) is 4.96. The zero-order valence-corrected chi connectivity index (χ0v) is 9.35. The molecule has 1 N–H and O–H groups in total. The van der Waals surface area contributed by atoms with Gasteiger partial charge in [-0.25, -0.2) is 0 Å². The molecule has 88 valence electrons. The summed E-state index contributed by atoms with van der Waals surface area (Å²) in [5.74, 6) is 2.08. The number of aromatic nitrogens is 2. The van der Waals surface area contributed by atoms with Crippen molar-refractivity contribution in [2.75, 3.05) is 13.1 Å². The third-order valence-corrected chi connectivity index (χ3v) is 4.18. The van der Waals surface area contributed by atoms with Crippen molar-refractivity contribution >= 4 is 0 Å². The van der Waals surface area contributed by atoms with Crippen LogP contribution in [0.25, 0.3) is 11.4 Å². The van der Waals surface area contributed by atoms with E-state index in [1.165, 1.54) is 6.42 Å². The molecule has 17 heavy (non-hydrogen) atoms. The third kappa shape index (κ3) is 1.17. The molecule has 2 aliphatic rings. The molecule has 3 heterocycles. The molecule has 2 aromatic heterocycles. The summed E-state index contributed by atoms with van der Waals surface area (Å²) in [5, 5.41) is 7.46. The lowest BCUT2D eigenvalue weighted by molar-refractivity contribution is 0.131. The molecular weight excluding hydrogens is 218 g/mol. The Labute approximate surface area is 98.2 Å². The topological polar surface area (TPSA) is 64.1 Å². The molecule has 1 aliphatic carbocycles. The number of nitrogens with one attached hydrogen (secondary N) is 1. The second-order valence-electron chi connectivity index (χ2n) is 4.96. The molecule has 0 amide bonds. The van der Waals surface area contributed by atoms with E-state index < -0.39 is 0 Å². The molecule has 1 aliphatic heterocycles. The third-order valence-electron chi connectivity index (χ3n) is 4.18. The number of nitrogens with zero attached hydrogens (tertiary/aromatic N) is 2. The molecular formula is C12H13N3O2. The average Bonchev–Trinajstić information content (AvgIpc) is 3.00. The van der Waals surface area contributed by atoms with Crippen LogP contribution >= 0.6 is 0 Å². The maximum absolute atomic E-state index is 5.45. The van der Waals surface area contributed by atoms with E-state index in [0.717, 1.165) is 31.0 Å². The molecule has 5 nitrogen and oxygen atoms in total. The summed E-state index contributed by atoms with van der Waals surface area (Å²) in [4.78, 5) is 4.53. The van der Waals surface area contributed by atoms with Crippen LogP contribution in [0.1, 0.15) is 18.7 Å². The summed E-state index contributed by atoms with van der Waals surface area (Å²) in [7, 11) is 0. The number of furan rings is 1. The quantitative estimate of drug-likeness (QED) is 0.850. The lowest BCUT2D eigenvalue weighted by Crippen LogP contribution is -2.43. The van der Waals surface area contributed by atoms with Gasteiger partial charge in [-0.05, 0) is 31.4 Å². The molecule has 2 fully saturated rings. The summed E-state index contributed by atoms with van der Waals surface area (Å²) in [6, 6.07) is 1.84. The number of rotatable bonds is 2. The van der Waals surface area contributed by atoms with Gasteiger partial charge >= 0.3 is 0 Å². The van der Waals surface area contributed by atoms with E-state index in [0.29, 0.717) is 11.7 Å². The van der Waals surface area contributed by atoms with Crippen LogP contribution in [-0.4, -0.2) is 23.2 Å². The van der Waals surface area contributed by atoms with E-state index >= 15 is 0 Å². The Kier molecular flexibility index (Phi) is 1.77. The van der Waals surface area contributed by atoms with Crippen LogP contribution in [0.3, 0.4) is 0 Å². The normalized spacial score (nSPS) is 31.2. The fraction of sp³-hybridized carbons (Fsp3) is 0.500. The average molecular weight is 231 g/mol. The highest BCUT2D eigenvalue weighted by atomic mass is 16.5. The first-order valence-electron chi connectivity index (χ1n) is 5.96. The SMILES string of the molecule is c1cc(-c2noc([C@]34CC[C@H]3CNC4)n2)co1. The van der Waals surface area contributed by atoms with Crippen molar-refractivity contribution < 1.29 is 8.94 Å². The molecule has 2 aromatic rings. The van der Waals surface area contributed by atoms with Crippen LogP contribution in [0.4, 0.5) is 0 Å². The Hall–Kier alpha value is -1.62. The minimum absolute atomic E-state index is 0.106. The summed E-state index contributed by atoms with van der Waals surface area (Å²) < 4.78 is 10.5. The van der Waals surface area contributed by atoms with Crippen LogP contribution in [0.5, 0.6) is 0 Å². The maximum atomic E-state index is 5.45. The molecule has 0 spiro atoms. The second kappa shape index (κ2) is 3.20. The predicted molar refractivity (Wildman–Crippen MR) is 59.3 cm³/mol. The minimum atomic E-state index is 0.106. The van der Waals surface area contributed by atoms with Gasteiger partial charge in [0.05, 0.1) is 17.2 Å². The molecule has 5 heteroatoms. The zero-order valence-electron chi connectivity index (χ0n) is 9.35. The largest absolute Gasteiger partial charge is 0.472 e. The Morgan fingerprint density at radius 1 is 1.47 bits per heavy atom. The van der Waals surface area contributed by atoms with Gasteiger partial charge in [0.25, 0.3) is 0 Å². The molecule has 0 unspecified atom stereocenters. The van der Waals surface area contributed by atoms with E-state index in [-0.39, 0.29) is 5.41 Å². The van der Waals surface area contributed by atoms with E-state index in [1.807, 2.05) is 6.07 Å². The Morgan fingerprint density at radius 2 is 2.47 bits per heavy atom. The van der Waals surface area contributed by atoms with Crippen molar-refractivity contribution in [3.63, 3.8) is 0 Å². The van der Waals surface area contributed by atoms with Crippen molar-refractivity contribution in [3.8, 4) is 11.4 Å². The number of hydrogen-bond acceptors (Lipinski definition) is 5. The lowest BCUT2D eigenvalue weighted by atomic mass is 9.62. The van der Waals surface area contributed by atoms with Gasteiger partial charge in [0.2, 0.25) is 11.7 Å². The van der Waals surface area contributed by atoms with Crippen LogP contribution in [-0.2, 0) is 5.41 Å². The first kappa shape index (κ1) is 9.41. The maximum Gasteiger partial charge on any atom is 0.234 e. The van der Waals surface area contributed by atoms with Crippen molar-refractivity contribution in [2.45, 2.75) is 18.3 Å². The van der Waals surface area contributed by atoms with E-state index in [2.05, 4.69) is 15.5 Å². The summed E-state index contributed by atoms with van der Waals surface area (Å²) in [6.07, 6.45) is 5.67. The molecule has 0 radical (unpaired) electrons. The zero-order chi connectivity index (χ0) is 11.3. The fourth-order valence-corrected chi connectivity index (χ4v) is 2.99. The molecule has 1 saturated heterocycles. The van der Waals surface area contributed by atoms with Gasteiger partial charge in [-0.3, -0.25) is 0 Å². The van der Waals surface area contributed by atoms with Gasteiger partial charge in [0, 0.05) is 6.54 Å². The highest BCUT2D eigenvalue weighted by molar-refractivity contribution is 5.51. The fourth-order valence-electron chi connectivity index (χ4n) is 2.99. The molecule has 1 saturated carbocycles. The number of fused-ring (bicyclic) bond motifs is 1. The Bertz CT molecular complexity index is 534. The summed E-state index contributed by atoms with van der Waals surface area (Å²) >= 11 is 0. The van der Waals surface area contributed by atoms with E-state index in [1.54, 1.807) is 12.5 Å². The minimum Gasteiger partial charge on any atom is -0.472 e. The van der Waals surface area contributed by atoms with Gasteiger partial charge in [0.15, 0.2) is 0 Å². The smallest absolute Gasteiger partial charge is 0.234 e. The first-order chi connectivity index (χ1) is 8.38. The van der Waals surface area contributed by atoms with Crippen LogP contribution in [0.15, 0.2) is 27.5 Å². The van der Waals surface area contributed by atoms with Crippen molar-refractivity contribution in [1.82, 2.24) is 15.5 Å². The Balaban J connectivity index is 1.72. The van der Waals surface area contributed by atoms with E-state index in [4.69, 9.17) is 8.94 Å². The highest BCUT2D eigenvalue weighted by Gasteiger charge is 2.54. The van der Waals surface area contributed by atoms with E-state index in [9.17, 15) is 0 Å². The van der Waals surface area contributed by atoms with Gasteiger partial charge in [0.1, 0.15) is 6.26 Å². The monoisotopic (exact) mass is 231 g/mol. The van der Waals surface area contributed by atoms with Crippen LogP contribution < -0.4 is 5.32 Å². The first-order valence-corrected chi connectivity index (χ1v) is 5.96. The molecule has 4 rings (SSSR count). The van der Waals surface area contributed by atoms with Gasteiger partial charge in [-0.15, -0.1) is 0 Å². The van der Waals surface area contributed by atoms with Crippen LogP contribution in [0.2, 0.25) is 0 Å². The van der Waals surface area contributed by atoms with Crippen molar-refractivity contribution in [3.05, 3.63) is 24.5 Å². The van der Waals surface area contributed by atoms with Crippen molar-refractivity contribution in [2.24, 2.45) is 5.92 Å². The standard InChI is InChI=1S/C12H13N3O2/c1-3-12(7-13-5-9(1)12)11-14-10(15-17-11)8-2-4-16-6-8/h2,4,6,9,13H,1,3,5,7H2/t9-,12-/m0/s1. The molecule has 0 aromatic carbocycles. The van der Waals surface area contributed by atoms with Gasteiger partial charge in [-0.1, -0.05) is 5.16 Å². The Morgan fingerprint density at radius 3 is 3.18 bits per heavy atom. The lowest BCUT2D eigenvalue weighted by Gasteiger charge is -2.40.